The molecule has 1 amide bonds. The molecule has 8 nitrogen and oxygen atoms in total. The van der Waals surface area contributed by atoms with E-state index in [1.165, 1.54) is 18.7 Å². The number of carbonyl (C=O) groups is 1. The first-order valence-electron chi connectivity index (χ1n) is 9.62. The average Bonchev–Trinajstić information content (AvgIpc) is 2.99. The lowest BCUT2D eigenvalue weighted by Gasteiger charge is -2.44. The van der Waals surface area contributed by atoms with Gasteiger partial charge in [-0.3, -0.25) is 9.69 Å². The predicted molar refractivity (Wildman–Crippen MR) is 103 cm³/mol. The Hall–Kier alpha value is -0.420. The first kappa shape index (κ1) is 22.9. The largest absolute Gasteiger partial charge is 0.391 e. The Morgan fingerprint density at radius 1 is 1.30 bits per heavy atom. The van der Waals surface area contributed by atoms with Gasteiger partial charge in [-0.25, -0.2) is 0 Å². The fourth-order valence-electron chi connectivity index (χ4n) is 4.13. The third kappa shape index (κ3) is 5.14. The van der Waals surface area contributed by atoms with Gasteiger partial charge in [-0.2, -0.15) is 0 Å². The predicted octanol–water partition coefficient (Wildman–Crippen LogP) is -0.857. The van der Waals surface area contributed by atoms with Crippen molar-refractivity contribution in [2.45, 2.75) is 81.1 Å². The number of nitrogens with zero attached hydrogens (tertiary/aromatic N) is 1. The van der Waals surface area contributed by atoms with Crippen molar-refractivity contribution in [1.82, 2.24) is 10.2 Å². The second-order valence-electron chi connectivity index (χ2n) is 7.80. The monoisotopic (exact) mass is 406 g/mol. The number of carbonyl (C=O) groups excluding carboxylic acids is 1. The second kappa shape index (κ2) is 9.87. The van der Waals surface area contributed by atoms with Crippen LogP contribution in [0.2, 0.25) is 0 Å². The van der Waals surface area contributed by atoms with Crippen molar-refractivity contribution in [3.8, 4) is 0 Å². The molecule has 0 aromatic rings. The number of hydrogen-bond donors (Lipinski definition) is 5. The van der Waals surface area contributed by atoms with E-state index >= 15 is 0 Å². The molecule has 0 aromatic heterocycles. The van der Waals surface area contributed by atoms with Crippen LogP contribution in [0.3, 0.4) is 0 Å². The topological polar surface area (TPSA) is 122 Å². The molecule has 27 heavy (non-hydrogen) atoms. The van der Waals surface area contributed by atoms with E-state index in [2.05, 4.69) is 12.2 Å². The lowest BCUT2D eigenvalue weighted by Crippen LogP contribution is -2.65. The molecule has 5 N–H and O–H groups in total. The van der Waals surface area contributed by atoms with Crippen molar-refractivity contribution >= 4 is 17.7 Å². The van der Waals surface area contributed by atoms with Crippen LogP contribution in [-0.4, -0.2) is 99.1 Å². The zero-order chi connectivity index (χ0) is 20.3. The maximum atomic E-state index is 12.8. The fourth-order valence-corrected chi connectivity index (χ4v) is 4.81. The molecular weight excluding hydrogens is 372 g/mol. The van der Waals surface area contributed by atoms with Crippen LogP contribution >= 0.6 is 11.8 Å². The van der Waals surface area contributed by atoms with Gasteiger partial charge in [0.25, 0.3) is 0 Å². The minimum atomic E-state index is -1.42. The molecule has 9 atom stereocenters. The summed E-state index contributed by atoms with van der Waals surface area (Å²) in [4.78, 5) is 14.9. The molecule has 158 valence electrons. The normalized spacial score (nSPS) is 39.9. The molecule has 0 saturated carbocycles. The zero-order valence-corrected chi connectivity index (χ0v) is 17.3. The molecule has 2 heterocycles. The molecule has 0 spiro atoms. The third-order valence-corrected chi connectivity index (χ3v) is 6.51. The summed E-state index contributed by atoms with van der Waals surface area (Å²) in [5, 5.41) is 43.5. The maximum Gasteiger partial charge on any atom is 0.237 e. The number of likely N-dealkylation sites (tertiary alicyclic amines) is 1. The van der Waals surface area contributed by atoms with Gasteiger partial charge in [-0.05, 0) is 39.0 Å². The first-order chi connectivity index (χ1) is 12.7. The molecule has 0 aliphatic carbocycles. The van der Waals surface area contributed by atoms with Crippen molar-refractivity contribution in [3.63, 3.8) is 0 Å². The molecule has 0 aromatic carbocycles. The number of thioether (sulfide) groups is 1. The summed E-state index contributed by atoms with van der Waals surface area (Å²) in [6, 6.07) is -1.20. The van der Waals surface area contributed by atoms with Crippen molar-refractivity contribution in [2.24, 2.45) is 5.92 Å². The number of likely N-dealkylation sites (N-methyl/N-ethyl adjacent to an activating group) is 1. The highest BCUT2D eigenvalue weighted by molar-refractivity contribution is 7.99. The Labute approximate surface area is 165 Å². The van der Waals surface area contributed by atoms with Gasteiger partial charge >= 0.3 is 0 Å². The number of rotatable bonds is 7. The van der Waals surface area contributed by atoms with Crippen LogP contribution in [0.15, 0.2) is 0 Å². The highest BCUT2D eigenvalue weighted by atomic mass is 32.2. The van der Waals surface area contributed by atoms with Crippen molar-refractivity contribution in [2.75, 3.05) is 19.8 Å². The molecule has 9 heteroatoms. The van der Waals surface area contributed by atoms with E-state index in [4.69, 9.17) is 4.74 Å². The number of nitrogens with one attached hydrogen (secondary N) is 1. The SMILES string of the molecule is CCCC1C[C@@H](C(=O)NC(C(C)O)C2O[C@H](SC)[C@H](O)C(O)C2O)N(C)C1. The highest BCUT2D eigenvalue weighted by Gasteiger charge is 2.48. The van der Waals surface area contributed by atoms with Gasteiger partial charge in [0, 0.05) is 6.54 Å². The Morgan fingerprint density at radius 2 is 1.96 bits per heavy atom. The number of ether oxygens (including phenoxy) is 1. The first-order valence-corrected chi connectivity index (χ1v) is 10.9. The summed E-state index contributed by atoms with van der Waals surface area (Å²) >= 11 is 1.20. The third-order valence-electron chi connectivity index (χ3n) is 5.66. The lowest BCUT2D eigenvalue weighted by atomic mass is 9.92. The summed E-state index contributed by atoms with van der Waals surface area (Å²) in [5.41, 5.74) is -0.755. The minimum absolute atomic E-state index is 0.223. The molecule has 2 aliphatic heterocycles. The van der Waals surface area contributed by atoms with Gasteiger partial charge in [0.2, 0.25) is 5.91 Å². The van der Waals surface area contributed by atoms with Crippen LogP contribution in [0.5, 0.6) is 0 Å². The average molecular weight is 407 g/mol. The van der Waals surface area contributed by atoms with E-state index in [0.29, 0.717) is 5.92 Å². The molecular formula is C18H34N2O6S. The molecule has 2 rings (SSSR count). The number of amides is 1. The van der Waals surface area contributed by atoms with Gasteiger partial charge in [0.1, 0.15) is 29.9 Å². The molecule has 2 fully saturated rings. The van der Waals surface area contributed by atoms with E-state index in [0.717, 1.165) is 25.8 Å². The summed E-state index contributed by atoms with van der Waals surface area (Å²) in [6.07, 6.45) is -1.50. The van der Waals surface area contributed by atoms with E-state index in [1.54, 1.807) is 6.26 Å². The van der Waals surface area contributed by atoms with Crippen LogP contribution in [0, 0.1) is 5.92 Å². The summed E-state index contributed by atoms with van der Waals surface area (Å²) < 4.78 is 5.72. The maximum absolute atomic E-state index is 12.8. The quantitative estimate of drug-likeness (QED) is 0.370. The molecule has 2 aliphatic rings. The second-order valence-corrected chi connectivity index (χ2v) is 8.73. The summed E-state index contributed by atoms with van der Waals surface area (Å²) in [7, 11) is 1.91. The van der Waals surface area contributed by atoms with Crippen LogP contribution < -0.4 is 5.32 Å². The van der Waals surface area contributed by atoms with E-state index in [1.807, 2.05) is 11.9 Å². The molecule has 0 bridgehead atoms. The van der Waals surface area contributed by atoms with E-state index in [-0.39, 0.29) is 11.9 Å². The van der Waals surface area contributed by atoms with Crippen molar-refractivity contribution in [3.05, 3.63) is 0 Å². The van der Waals surface area contributed by atoms with E-state index < -0.39 is 42.0 Å². The van der Waals surface area contributed by atoms with Crippen molar-refractivity contribution < 1.29 is 30.0 Å². The van der Waals surface area contributed by atoms with Crippen LogP contribution in [0.1, 0.15) is 33.1 Å². The Kier molecular flexibility index (Phi) is 8.35. The summed E-state index contributed by atoms with van der Waals surface area (Å²) in [5.74, 6) is 0.245. The number of hydrogen-bond acceptors (Lipinski definition) is 8. The summed E-state index contributed by atoms with van der Waals surface area (Å²) in [6.45, 7) is 4.48. The van der Waals surface area contributed by atoms with Crippen LogP contribution in [0.4, 0.5) is 0 Å². The Morgan fingerprint density at radius 3 is 2.52 bits per heavy atom. The van der Waals surface area contributed by atoms with Gasteiger partial charge in [-0.15, -0.1) is 11.8 Å². The number of aliphatic hydroxyl groups is 4. The van der Waals surface area contributed by atoms with Crippen LogP contribution in [0.25, 0.3) is 0 Å². The van der Waals surface area contributed by atoms with Gasteiger partial charge in [-0.1, -0.05) is 13.3 Å². The Bertz CT molecular complexity index is 494. The van der Waals surface area contributed by atoms with Gasteiger partial charge < -0.3 is 30.5 Å². The zero-order valence-electron chi connectivity index (χ0n) is 16.5. The standard InChI is InChI=1S/C18H34N2O6S/c1-5-6-10-7-11(20(3)8-10)17(25)19-12(9(2)21)16-14(23)13(22)15(24)18(26-16)27-4/h9-16,18,21-24H,5-8H2,1-4H3,(H,19,25)/t9?,10?,11-,12?,13?,14?,15+,16?,18+/m0/s1. The highest BCUT2D eigenvalue weighted by Crippen LogP contribution is 2.30. The lowest BCUT2D eigenvalue weighted by molar-refractivity contribution is -0.211. The molecule has 0 radical (unpaired) electrons. The molecule has 6 unspecified atom stereocenters. The fraction of sp³-hybridized carbons (Fsp3) is 0.944. The smallest absolute Gasteiger partial charge is 0.237 e. The van der Waals surface area contributed by atoms with E-state index in [9.17, 15) is 25.2 Å². The minimum Gasteiger partial charge on any atom is -0.391 e. The van der Waals surface area contributed by atoms with Crippen LogP contribution in [-0.2, 0) is 9.53 Å². The van der Waals surface area contributed by atoms with Gasteiger partial charge in [0.05, 0.1) is 18.2 Å². The van der Waals surface area contributed by atoms with Gasteiger partial charge in [0.15, 0.2) is 0 Å². The molecule has 2 saturated heterocycles. The van der Waals surface area contributed by atoms with Crippen molar-refractivity contribution in [1.29, 1.82) is 0 Å². The number of aliphatic hydroxyl groups excluding tert-OH is 4. The Balaban J connectivity index is 2.09.